The normalized spacial score (nSPS) is 16.6. The molecule has 2 aromatic rings. The van der Waals surface area contributed by atoms with Crippen molar-refractivity contribution in [1.29, 1.82) is 0 Å². The molecule has 0 aromatic carbocycles. The van der Waals surface area contributed by atoms with Crippen LogP contribution in [0.5, 0.6) is 5.88 Å². The number of pyridine rings is 2. The summed E-state index contributed by atoms with van der Waals surface area (Å²) in [5.74, 6) is 0.463. The van der Waals surface area contributed by atoms with Gasteiger partial charge < -0.3 is 19.5 Å². The van der Waals surface area contributed by atoms with Crippen LogP contribution in [-0.4, -0.2) is 53.1 Å². The number of aromatic amines is 1. The summed E-state index contributed by atoms with van der Waals surface area (Å²) >= 11 is 0. The van der Waals surface area contributed by atoms with Gasteiger partial charge in [-0.05, 0) is 36.6 Å². The van der Waals surface area contributed by atoms with Crippen LogP contribution in [0.25, 0.3) is 11.1 Å². The number of nitrogens with zero attached hydrogens (tertiary/aromatic N) is 3. The van der Waals surface area contributed by atoms with Crippen LogP contribution in [0.2, 0.25) is 0 Å². The fraction of sp³-hybridized carbons (Fsp3) is 0.350. The molecule has 1 saturated heterocycles. The molecule has 1 amide bonds. The van der Waals surface area contributed by atoms with Gasteiger partial charge in [0, 0.05) is 43.2 Å². The molecule has 1 aliphatic heterocycles. The molecule has 0 radical (unpaired) electrons. The standard InChI is InChI=1S/C20H22N4O3/c1-3-19(25)23-11-16(12-23)24(15-4-5-15)17-8-14(10-22-20(17)26)13-6-7-21-18(9-13)27-2/h3,6-10,15-16H,1,4-5,11-12H2,2H3,(H,22,26). The number of nitrogens with one attached hydrogen (secondary N) is 1. The van der Waals surface area contributed by atoms with Crippen molar-refractivity contribution in [2.24, 2.45) is 0 Å². The van der Waals surface area contributed by atoms with Gasteiger partial charge in [-0.2, -0.15) is 0 Å². The first-order chi connectivity index (χ1) is 13.1. The number of anilines is 1. The lowest BCUT2D eigenvalue weighted by molar-refractivity contribution is -0.130. The van der Waals surface area contributed by atoms with E-state index < -0.39 is 0 Å². The summed E-state index contributed by atoms with van der Waals surface area (Å²) in [6.07, 6.45) is 6.86. The number of aromatic nitrogens is 2. The van der Waals surface area contributed by atoms with Gasteiger partial charge in [0.2, 0.25) is 11.8 Å². The molecule has 0 unspecified atom stereocenters. The zero-order valence-electron chi connectivity index (χ0n) is 15.2. The predicted octanol–water partition coefficient (Wildman–Crippen LogP) is 1.81. The molecule has 0 atom stereocenters. The maximum absolute atomic E-state index is 12.6. The summed E-state index contributed by atoms with van der Waals surface area (Å²) in [4.78, 5) is 35.3. The maximum Gasteiger partial charge on any atom is 0.271 e. The van der Waals surface area contributed by atoms with E-state index in [-0.39, 0.29) is 17.5 Å². The summed E-state index contributed by atoms with van der Waals surface area (Å²) in [7, 11) is 1.58. The number of ether oxygens (including phenoxy) is 1. The van der Waals surface area contributed by atoms with E-state index >= 15 is 0 Å². The Morgan fingerprint density at radius 1 is 1.33 bits per heavy atom. The maximum atomic E-state index is 12.6. The van der Waals surface area contributed by atoms with Crippen molar-refractivity contribution in [1.82, 2.24) is 14.9 Å². The average molecular weight is 366 g/mol. The summed E-state index contributed by atoms with van der Waals surface area (Å²) in [6.45, 7) is 4.78. The Balaban J connectivity index is 1.64. The zero-order chi connectivity index (χ0) is 19.0. The molecule has 7 heteroatoms. The van der Waals surface area contributed by atoms with Gasteiger partial charge in [-0.3, -0.25) is 9.59 Å². The quantitative estimate of drug-likeness (QED) is 0.789. The van der Waals surface area contributed by atoms with Crippen molar-refractivity contribution in [2.45, 2.75) is 24.9 Å². The van der Waals surface area contributed by atoms with Crippen LogP contribution in [0.3, 0.4) is 0 Å². The minimum absolute atomic E-state index is 0.0615. The third kappa shape index (κ3) is 3.32. The highest BCUT2D eigenvalue weighted by atomic mass is 16.5. The summed E-state index contributed by atoms with van der Waals surface area (Å²) < 4.78 is 5.20. The molecule has 0 bridgehead atoms. The van der Waals surface area contributed by atoms with Crippen LogP contribution in [0.4, 0.5) is 5.69 Å². The zero-order valence-corrected chi connectivity index (χ0v) is 15.2. The van der Waals surface area contributed by atoms with E-state index in [2.05, 4.69) is 21.4 Å². The van der Waals surface area contributed by atoms with Crippen molar-refractivity contribution >= 4 is 11.6 Å². The lowest BCUT2D eigenvalue weighted by atomic mass is 10.0. The average Bonchev–Trinajstić information content (AvgIpc) is 3.49. The molecule has 27 heavy (non-hydrogen) atoms. The van der Waals surface area contributed by atoms with E-state index in [4.69, 9.17) is 4.74 Å². The number of hydrogen-bond acceptors (Lipinski definition) is 5. The topological polar surface area (TPSA) is 78.5 Å². The van der Waals surface area contributed by atoms with Gasteiger partial charge >= 0.3 is 0 Å². The highest BCUT2D eigenvalue weighted by Gasteiger charge is 2.41. The van der Waals surface area contributed by atoms with Crippen molar-refractivity contribution in [3.8, 4) is 17.0 Å². The number of amides is 1. The molecule has 0 spiro atoms. The molecule has 2 fully saturated rings. The Bertz CT molecular complexity index is 929. The van der Waals surface area contributed by atoms with E-state index in [0.717, 1.165) is 24.0 Å². The number of rotatable bonds is 6. The molecule has 1 saturated carbocycles. The van der Waals surface area contributed by atoms with E-state index in [1.165, 1.54) is 6.08 Å². The highest BCUT2D eigenvalue weighted by molar-refractivity contribution is 5.88. The van der Waals surface area contributed by atoms with Crippen LogP contribution in [-0.2, 0) is 4.79 Å². The monoisotopic (exact) mass is 366 g/mol. The number of hydrogen-bond donors (Lipinski definition) is 1. The summed E-state index contributed by atoms with van der Waals surface area (Å²) in [6, 6.07) is 6.16. The first-order valence-corrected chi connectivity index (χ1v) is 9.03. The molecule has 1 aliphatic carbocycles. The minimum Gasteiger partial charge on any atom is -0.481 e. The van der Waals surface area contributed by atoms with E-state index in [9.17, 15) is 9.59 Å². The number of carbonyl (C=O) groups is 1. The second kappa shape index (κ2) is 6.90. The Hall–Kier alpha value is -3.09. The first kappa shape index (κ1) is 17.3. The molecule has 7 nitrogen and oxygen atoms in total. The smallest absolute Gasteiger partial charge is 0.271 e. The Kier molecular flexibility index (Phi) is 4.43. The van der Waals surface area contributed by atoms with Crippen molar-refractivity contribution in [2.75, 3.05) is 25.1 Å². The number of likely N-dealkylation sites (tertiary alicyclic amines) is 1. The molecule has 1 N–H and O–H groups in total. The summed E-state index contributed by atoms with van der Waals surface area (Å²) in [5, 5.41) is 0. The van der Waals surface area contributed by atoms with Crippen LogP contribution < -0.4 is 15.2 Å². The minimum atomic E-state index is -0.111. The molecular formula is C20H22N4O3. The second-order valence-corrected chi connectivity index (χ2v) is 6.93. The van der Waals surface area contributed by atoms with Crippen LogP contribution >= 0.6 is 0 Å². The number of carbonyl (C=O) groups excluding carboxylic acids is 1. The van der Waals surface area contributed by atoms with Gasteiger partial charge in [0.15, 0.2) is 0 Å². The molecule has 2 aliphatic rings. The van der Waals surface area contributed by atoms with Gasteiger partial charge in [-0.25, -0.2) is 4.98 Å². The van der Waals surface area contributed by atoms with E-state index in [1.54, 1.807) is 24.4 Å². The van der Waals surface area contributed by atoms with Crippen LogP contribution in [0.15, 0.2) is 48.0 Å². The highest BCUT2D eigenvalue weighted by Crippen LogP contribution is 2.35. The number of methoxy groups -OCH3 is 1. The Morgan fingerprint density at radius 2 is 2.11 bits per heavy atom. The van der Waals surface area contributed by atoms with E-state index in [0.29, 0.717) is 30.7 Å². The van der Waals surface area contributed by atoms with Gasteiger partial charge in [-0.15, -0.1) is 0 Å². The van der Waals surface area contributed by atoms with Gasteiger partial charge in [0.1, 0.15) is 5.69 Å². The Morgan fingerprint density at radius 3 is 2.78 bits per heavy atom. The lowest BCUT2D eigenvalue weighted by Crippen LogP contribution is -2.62. The van der Waals surface area contributed by atoms with Gasteiger partial charge in [-0.1, -0.05) is 6.58 Å². The molecule has 4 rings (SSSR count). The summed E-state index contributed by atoms with van der Waals surface area (Å²) in [5.41, 5.74) is 2.36. The van der Waals surface area contributed by atoms with Crippen LogP contribution in [0.1, 0.15) is 12.8 Å². The predicted molar refractivity (Wildman–Crippen MR) is 103 cm³/mol. The fourth-order valence-corrected chi connectivity index (χ4v) is 3.52. The van der Waals surface area contributed by atoms with Crippen molar-refractivity contribution in [3.63, 3.8) is 0 Å². The van der Waals surface area contributed by atoms with Crippen LogP contribution in [0, 0.1) is 0 Å². The largest absolute Gasteiger partial charge is 0.481 e. The molecular weight excluding hydrogens is 344 g/mol. The van der Waals surface area contributed by atoms with E-state index in [1.807, 2.05) is 18.2 Å². The molecule has 3 heterocycles. The first-order valence-electron chi connectivity index (χ1n) is 9.03. The fourth-order valence-electron chi connectivity index (χ4n) is 3.52. The second-order valence-electron chi connectivity index (χ2n) is 6.93. The molecule has 2 aromatic heterocycles. The lowest BCUT2D eigenvalue weighted by Gasteiger charge is -2.46. The van der Waals surface area contributed by atoms with Crippen molar-refractivity contribution in [3.05, 3.63) is 53.6 Å². The van der Waals surface area contributed by atoms with Crippen molar-refractivity contribution < 1.29 is 9.53 Å². The Labute approximate surface area is 157 Å². The molecule has 140 valence electrons. The van der Waals surface area contributed by atoms with Gasteiger partial charge in [0.05, 0.1) is 13.2 Å². The van der Waals surface area contributed by atoms with Gasteiger partial charge in [0.25, 0.3) is 5.56 Å². The SMILES string of the molecule is C=CC(=O)N1CC(N(c2cc(-c3ccnc(OC)c3)c[nH]c2=O)C2CC2)C1. The third-order valence-electron chi connectivity index (χ3n) is 5.12. The third-order valence-corrected chi connectivity index (χ3v) is 5.12. The number of H-pyrrole nitrogens is 1.